The third-order valence-corrected chi connectivity index (χ3v) is 3.53. The molecule has 0 saturated carbocycles. The molecule has 0 unspecified atom stereocenters. The maximum Gasteiger partial charge on any atom is 0.160 e. The molecule has 3 heteroatoms. The molecule has 0 amide bonds. The Balaban J connectivity index is 2.04. The first-order valence-corrected chi connectivity index (χ1v) is 6.25. The molecule has 15 heavy (non-hydrogen) atoms. The summed E-state index contributed by atoms with van der Waals surface area (Å²) in [5.41, 5.74) is 3.76. The van der Waals surface area contributed by atoms with Crippen molar-refractivity contribution >= 4 is 11.3 Å². The second kappa shape index (κ2) is 3.74. The summed E-state index contributed by atoms with van der Waals surface area (Å²) >= 11 is 1.69. The molecule has 2 heterocycles. The molecule has 0 saturated heterocycles. The maximum atomic E-state index is 4.65. The first-order valence-electron chi connectivity index (χ1n) is 5.31. The highest BCUT2D eigenvalue weighted by Crippen LogP contribution is 2.23. The second-order valence-electron chi connectivity index (χ2n) is 3.88. The number of aromatic nitrogens is 2. The van der Waals surface area contributed by atoms with Crippen molar-refractivity contribution in [2.24, 2.45) is 0 Å². The van der Waals surface area contributed by atoms with Crippen LogP contribution in [-0.2, 0) is 12.8 Å². The zero-order valence-electron chi connectivity index (χ0n) is 8.44. The van der Waals surface area contributed by atoms with Crippen LogP contribution in [0.5, 0.6) is 0 Å². The zero-order chi connectivity index (χ0) is 10.1. The van der Waals surface area contributed by atoms with Gasteiger partial charge >= 0.3 is 0 Å². The minimum Gasteiger partial charge on any atom is -0.236 e. The molecular formula is C12H12N2S. The SMILES string of the molecule is c1cc(-c2ncc3c(n2)CCCC3)cs1. The molecule has 3 rings (SSSR count). The minimum absolute atomic E-state index is 0.886. The molecule has 2 nitrogen and oxygen atoms in total. The molecule has 2 aromatic heterocycles. The molecule has 76 valence electrons. The van der Waals surface area contributed by atoms with Crippen LogP contribution in [0.2, 0.25) is 0 Å². The number of rotatable bonds is 1. The molecule has 0 spiro atoms. The highest BCUT2D eigenvalue weighted by Gasteiger charge is 2.12. The van der Waals surface area contributed by atoms with Gasteiger partial charge in [-0.3, -0.25) is 0 Å². The van der Waals surface area contributed by atoms with Crippen molar-refractivity contribution in [3.8, 4) is 11.4 Å². The van der Waals surface area contributed by atoms with Crippen molar-refractivity contribution in [3.63, 3.8) is 0 Å². The van der Waals surface area contributed by atoms with Gasteiger partial charge in [-0.15, -0.1) is 0 Å². The van der Waals surface area contributed by atoms with E-state index in [4.69, 9.17) is 0 Å². The Morgan fingerprint density at radius 1 is 1.20 bits per heavy atom. The van der Waals surface area contributed by atoms with E-state index in [1.54, 1.807) is 11.3 Å². The summed E-state index contributed by atoms with van der Waals surface area (Å²) in [6.07, 6.45) is 6.84. The van der Waals surface area contributed by atoms with Gasteiger partial charge in [-0.1, -0.05) is 0 Å². The van der Waals surface area contributed by atoms with E-state index in [0.717, 1.165) is 24.2 Å². The molecule has 0 N–H and O–H groups in total. The van der Waals surface area contributed by atoms with Crippen LogP contribution < -0.4 is 0 Å². The largest absolute Gasteiger partial charge is 0.236 e. The average Bonchev–Trinajstić information content (AvgIpc) is 2.82. The summed E-state index contributed by atoms with van der Waals surface area (Å²) in [4.78, 5) is 9.08. The fraction of sp³-hybridized carbons (Fsp3) is 0.333. The second-order valence-corrected chi connectivity index (χ2v) is 4.66. The van der Waals surface area contributed by atoms with E-state index >= 15 is 0 Å². The van der Waals surface area contributed by atoms with E-state index < -0.39 is 0 Å². The quantitative estimate of drug-likeness (QED) is 0.732. The summed E-state index contributed by atoms with van der Waals surface area (Å²) in [5, 5.41) is 4.17. The third-order valence-electron chi connectivity index (χ3n) is 2.84. The first-order chi connectivity index (χ1) is 7.43. The number of fused-ring (bicyclic) bond motifs is 1. The van der Waals surface area contributed by atoms with Crippen LogP contribution in [0.1, 0.15) is 24.1 Å². The van der Waals surface area contributed by atoms with Gasteiger partial charge in [0.15, 0.2) is 5.82 Å². The standard InChI is InChI=1S/C12H12N2S/c1-2-4-11-9(3-1)7-13-12(14-11)10-5-6-15-8-10/h5-8H,1-4H2. The third kappa shape index (κ3) is 1.67. The Morgan fingerprint density at radius 2 is 2.13 bits per heavy atom. The average molecular weight is 216 g/mol. The molecule has 0 aromatic carbocycles. The van der Waals surface area contributed by atoms with Gasteiger partial charge in [-0.2, -0.15) is 11.3 Å². The van der Waals surface area contributed by atoms with Crippen LogP contribution in [0.15, 0.2) is 23.0 Å². The lowest BCUT2D eigenvalue weighted by Crippen LogP contribution is -2.07. The predicted molar refractivity (Wildman–Crippen MR) is 62.0 cm³/mol. The van der Waals surface area contributed by atoms with Crippen molar-refractivity contribution in [1.82, 2.24) is 9.97 Å². The van der Waals surface area contributed by atoms with Gasteiger partial charge in [0.2, 0.25) is 0 Å². The Hall–Kier alpha value is -1.22. The summed E-state index contributed by atoms with van der Waals surface area (Å²) in [7, 11) is 0. The summed E-state index contributed by atoms with van der Waals surface area (Å²) in [6.45, 7) is 0. The number of aryl methyl sites for hydroxylation is 2. The topological polar surface area (TPSA) is 25.8 Å². The van der Waals surface area contributed by atoms with Gasteiger partial charge in [-0.25, -0.2) is 9.97 Å². The van der Waals surface area contributed by atoms with Gasteiger partial charge in [-0.05, 0) is 42.7 Å². The molecular weight excluding hydrogens is 204 g/mol. The molecule has 2 aromatic rings. The van der Waals surface area contributed by atoms with Crippen molar-refractivity contribution in [2.45, 2.75) is 25.7 Å². The lowest BCUT2D eigenvalue weighted by Gasteiger charge is -2.14. The Kier molecular flexibility index (Phi) is 2.25. The van der Waals surface area contributed by atoms with Crippen molar-refractivity contribution in [1.29, 1.82) is 0 Å². The van der Waals surface area contributed by atoms with Gasteiger partial charge in [0.25, 0.3) is 0 Å². The lowest BCUT2D eigenvalue weighted by molar-refractivity contribution is 0.663. The molecule has 1 aliphatic rings. The number of hydrogen-bond donors (Lipinski definition) is 0. The van der Waals surface area contributed by atoms with E-state index in [2.05, 4.69) is 26.8 Å². The fourth-order valence-electron chi connectivity index (χ4n) is 2.01. The minimum atomic E-state index is 0.886. The summed E-state index contributed by atoms with van der Waals surface area (Å²) in [5.74, 6) is 0.886. The highest BCUT2D eigenvalue weighted by atomic mass is 32.1. The molecule has 0 bridgehead atoms. The van der Waals surface area contributed by atoms with Crippen LogP contribution in [0.3, 0.4) is 0 Å². The molecule has 0 fully saturated rings. The first kappa shape index (κ1) is 9.04. The van der Waals surface area contributed by atoms with E-state index in [9.17, 15) is 0 Å². The predicted octanol–water partition coefficient (Wildman–Crippen LogP) is 3.08. The highest BCUT2D eigenvalue weighted by molar-refractivity contribution is 7.08. The number of thiophene rings is 1. The molecule has 1 aliphatic carbocycles. The normalized spacial score (nSPS) is 14.9. The molecule has 0 aliphatic heterocycles. The van der Waals surface area contributed by atoms with E-state index in [1.807, 2.05) is 6.20 Å². The van der Waals surface area contributed by atoms with E-state index in [0.29, 0.717) is 0 Å². The fourth-order valence-corrected chi connectivity index (χ4v) is 2.64. The zero-order valence-corrected chi connectivity index (χ0v) is 9.26. The smallest absolute Gasteiger partial charge is 0.160 e. The maximum absolute atomic E-state index is 4.65. The van der Waals surface area contributed by atoms with E-state index in [1.165, 1.54) is 24.1 Å². The van der Waals surface area contributed by atoms with Crippen LogP contribution in [0.25, 0.3) is 11.4 Å². The molecule has 0 atom stereocenters. The summed E-state index contributed by atoms with van der Waals surface area (Å²) in [6, 6.07) is 2.08. The van der Waals surface area contributed by atoms with Crippen molar-refractivity contribution < 1.29 is 0 Å². The number of nitrogens with zero attached hydrogens (tertiary/aromatic N) is 2. The number of hydrogen-bond acceptors (Lipinski definition) is 3. The Labute approximate surface area is 93.0 Å². The monoisotopic (exact) mass is 216 g/mol. The van der Waals surface area contributed by atoms with Crippen LogP contribution in [-0.4, -0.2) is 9.97 Å². The van der Waals surface area contributed by atoms with Crippen molar-refractivity contribution in [3.05, 3.63) is 34.3 Å². The van der Waals surface area contributed by atoms with Gasteiger partial charge in [0, 0.05) is 22.8 Å². The Bertz CT molecular complexity index is 462. The van der Waals surface area contributed by atoms with Gasteiger partial charge < -0.3 is 0 Å². The van der Waals surface area contributed by atoms with Crippen molar-refractivity contribution in [2.75, 3.05) is 0 Å². The Morgan fingerprint density at radius 3 is 3.00 bits per heavy atom. The van der Waals surface area contributed by atoms with Crippen LogP contribution in [0.4, 0.5) is 0 Å². The van der Waals surface area contributed by atoms with Crippen LogP contribution >= 0.6 is 11.3 Å². The van der Waals surface area contributed by atoms with Gasteiger partial charge in [0.1, 0.15) is 0 Å². The van der Waals surface area contributed by atoms with E-state index in [-0.39, 0.29) is 0 Å². The lowest BCUT2D eigenvalue weighted by atomic mass is 9.97. The van der Waals surface area contributed by atoms with Crippen LogP contribution in [0, 0.1) is 0 Å². The molecule has 0 radical (unpaired) electrons. The van der Waals surface area contributed by atoms with Gasteiger partial charge in [0.05, 0.1) is 0 Å². The summed E-state index contributed by atoms with van der Waals surface area (Å²) < 4.78 is 0.